The number of hydrogen-bond donors (Lipinski definition) is 4. The van der Waals surface area contributed by atoms with Gasteiger partial charge in [0, 0.05) is 34.5 Å². The molecule has 0 saturated heterocycles. The fourth-order valence-electron chi connectivity index (χ4n) is 6.04. The van der Waals surface area contributed by atoms with Crippen LogP contribution in [-0.2, 0) is 43.8 Å². The predicted molar refractivity (Wildman–Crippen MR) is 251 cm³/mol. The van der Waals surface area contributed by atoms with Crippen molar-refractivity contribution in [3.63, 3.8) is 0 Å². The number of halogens is 4. The molecule has 5 aromatic carbocycles. The van der Waals surface area contributed by atoms with Crippen molar-refractivity contribution < 1.29 is 28.8 Å². The van der Waals surface area contributed by atoms with Gasteiger partial charge in [-0.25, -0.2) is 0 Å². The van der Waals surface area contributed by atoms with Gasteiger partial charge in [-0.05, 0) is 122 Å². The van der Waals surface area contributed by atoms with Crippen LogP contribution in [0, 0.1) is 0 Å². The van der Waals surface area contributed by atoms with Crippen LogP contribution in [0.15, 0.2) is 118 Å². The van der Waals surface area contributed by atoms with Gasteiger partial charge in [0.1, 0.15) is 0 Å². The number of carbonyl (C=O) groups is 6. The molecule has 5 rings (SSSR count). The number of anilines is 4. The summed E-state index contributed by atoms with van der Waals surface area (Å²) >= 11 is 24.4. The van der Waals surface area contributed by atoms with Gasteiger partial charge >= 0.3 is 0 Å². The normalized spacial score (nSPS) is 12.1. The second-order valence-electron chi connectivity index (χ2n) is 14.2. The Morgan fingerprint density at radius 3 is 1.19 bits per heavy atom. The molecule has 0 aromatic heterocycles. The van der Waals surface area contributed by atoms with Crippen molar-refractivity contribution in [2.75, 3.05) is 21.3 Å². The molecule has 330 valence electrons. The lowest BCUT2D eigenvalue weighted by Crippen LogP contribution is -2.33. The van der Waals surface area contributed by atoms with Crippen molar-refractivity contribution in [2.45, 2.75) is 64.4 Å². The van der Waals surface area contributed by atoms with Crippen LogP contribution in [0.2, 0.25) is 10.0 Å². The van der Waals surface area contributed by atoms with E-state index in [9.17, 15) is 28.8 Å². The summed E-state index contributed by atoms with van der Waals surface area (Å²) in [5.41, 5.74) is 5.24. The van der Waals surface area contributed by atoms with Crippen molar-refractivity contribution in [2.24, 2.45) is 20.5 Å². The molecule has 0 bridgehead atoms. The van der Waals surface area contributed by atoms with Crippen LogP contribution in [0.1, 0.15) is 70.7 Å². The Labute approximate surface area is 389 Å². The highest BCUT2D eigenvalue weighted by molar-refractivity contribution is 6.35. The maximum atomic E-state index is 13.6. The number of azo groups is 2. The first-order valence-electron chi connectivity index (χ1n) is 19.8. The molecule has 64 heavy (non-hydrogen) atoms. The number of nitrogens with zero attached hydrogens (tertiary/aromatic N) is 4. The van der Waals surface area contributed by atoms with E-state index >= 15 is 0 Å². The third kappa shape index (κ3) is 12.9. The Bertz CT molecular complexity index is 2460. The number of aryl methyl sites for hydroxylation is 2. The Kier molecular flexibility index (Phi) is 17.4. The van der Waals surface area contributed by atoms with Gasteiger partial charge in [0.05, 0.1) is 32.5 Å². The largest absolute Gasteiger partial charge is 0.323 e. The molecule has 0 fully saturated rings. The van der Waals surface area contributed by atoms with Gasteiger partial charge in [0.15, 0.2) is 11.6 Å². The summed E-state index contributed by atoms with van der Waals surface area (Å²) in [6.45, 7) is 6.06. The lowest BCUT2D eigenvalue weighted by molar-refractivity contribution is -0.127. The maximum Gasteiger partial charge on any atom is 0.258 e. The molecular weight excluding hydrogens is 902 g/mol. The molecule has 14 nitrogen and oxygen atoms in total. The molecular formula is C46H42Cl4N8O6. The number of alkyl halides is 2. The Hall–Kier alpha value is -6.32. The minimum absolute atomic E-state index is 0.0936. The second-order valence-corrected chi connectivity index (χ2v) is 15.6. The molecule has 4 amide bonds. The number of Topliss-reactive ketones (excluding diaryl/α,β-unsaturated/α-hetero) is 2. The Morgan fingerprint density at radius 2 is 0.875 bits per heavy atom. The van der Waals surface area contributed by atoms with E-state index in [0.717, 1.165) is 11.1 Å². The first kappa shape index (κ1) is 48.7. The first-order valence-corrected chi connectivity index (χ1v) is 21.6. The summed E-state index contributed by atoms with van der Waals surface area (Å²) in [6, 6.07) is 22.8. The van der Waals surface area contributed by atoms with E-state index in [0.29, 0.717) is 58.5 Å². The second kappa shape index (κ2) is 22.9. The maximum absolute atomic E-state index is 13.6. The van der Waals surface area contributed by atoms with E-state index in [4.69, 9.17) is 46.4 Å². The number of rotatable bonds is 18. The Morgan fingerprint density at radius 1 is 0.516 bits per heavy atom. The van der Waals surface area contributed by atoms with Gasteiger partial charge < -0.3 is 21.3 Å². The zero-order valence-electron chi connectivity index (χ0n) is 35.0. The molecule has 0 heterocycles. The van der Waals surface area contributed by atoms with Crippen LogP contribution < -0.4 is 21.3 Å². The van der Waals surface area contributed by atoms with Gasteiger partial charge in [-0.15, -0.1) is 23.2 Å². The number of ketones is 2. The van der Waals surface area contributed by atoms with E-state index < -0.39 is 47.3 Å². The average molecular weight is 945 g/mol. The third-order valence-corrected chi connectivity index (χ3v) is 10.8. The number of carbonyl (C=O) groups excluding carboxylic acids is 6. The van der Waals surface area contributed by atoms with Gasteiger partial charge in [-0.2, -0.15) is 20.5 Å². The first-order chi connectivity index (χ1) is 30.6. The summed E-state index contributed by atoms with van der Waals surface area (Å²) in [4.78, 5) is 78.7. The zero-order chi connectivity index (χ0) is 46.5. The molecule has 2 atom stereocenters. The topological polar surface area (TPSA) is 200 Å². The molecule has 0 aliphatic carbocycles. The zero-order valence-corrected chi connectivity index (χ0v) is 38.0. The van der Waals surface area contributed by atoms with Crippen LogP contribution >= 0.6 is 46.4 Å². The van der Waals surface area contributed by atoms with Gasteiger partial charge in [0.25, 0.3) is 23.6 Å². The van der Waals surface area contributed by atoms with E-state index in [-0.39, 0.29) is 32.5 Å². The SMILES string of the molecule is CCc1cc(NC(=O)C(N=Nc2ccc(Cl)c(C(=O)Nc3ccc(CCl)cc3)c2)C(C)=O)c(CC)cc1NC(=O)C(N=Nc1ccc(Cl)c(C(=O)Nc2ccc(CCl)cc2)c1)C(C)=O. The Balaban J connectivity index is 1.29. The van der Waals surface area contributed by atoms with Crippen molar-refractivity contribution in [3.05, 3.63) is 140 Å². The lowest BCUT2D eigenvalue weighted by Gasteiger charge is -2.18. The number of hydrogen-bond acceptors (Lipinski definition) is 10. The summed E-state index contributed by atoms with van der Waals surface area (Å²) in [7, 11) is 0. The summed E-state index contributed by atoms with van der Waals surface area (Å²) in [5.74, 6) is -3.10. The molecule has 5 aromatic rings. The van der Waals surface area contributed by atoms with E-state index in [1.165, 1.54) is 50.2 Å². The summed E-state index contributed by atoms with van der Waals surface area (Å²) in [5, 5.41) is 27.6. The van der Waals surface area contributed by atoms with Crippen LogP contribution in [-0.4, -0.2) is 47.3 Å². The van der Waals surface area contributed by atoms with Crippen molar-refractivity contribution in [1.82, 2.24) is 0 Å². The van der Waals surface area contributed by atoms with E-state index in [1.807, 2.05) is 13.8 Å². The van der Waals surface area contributed by atoms with Crippen molar-refractivity contribution >= 4 is 116 Å². The third-order valence-electron chi connectivity index (χ3n) is 9.57. The quantitative estimate of drug-likeness (QED) is 0.0382. The lowest BCUT2D eigenvalue weighted by atomic mass is 10.0. The van der Waals surface area contributed by atoms with E-state index in [1.54, 1.807) is 60.7 Å². The average Bonchev–Trinajstić information content (AvgIpc) is 3.28. The van der Waals surface area contributed by atoms with Crippen LogP contribution in [0.25, 0.3) is 0 Å². The van der Waals surface area contributed by atoms with Crippen LogP contribution in [0.5, 0.6) is 0 Å². The highest BCUT2D eigenvalue weighted by atomic mass is 35.5. The van der Waals surface area contributed by atoms with E-state index in [2.05, 4.69) is 41.7 Å². The molecule has 4 N–H and O–H groups in total. The molecule has 2 unspecified atom stereocenters. The monoisotopic (exact) mass is 942 g/mol. The highest BCUT2D eigenvalue weighted by Crippen LogP contribution is 2.30. The molecule has 18 heteroatoms. The molecule has 0 radical (unpaired) electrons. The van der Waals surface area contributed by atoms with Gasteiger partial charge in [-0.3, -0.25) is 28.8 Å². The van der Waals surface area contributed by atoms with Crippen molar-refractivity contribution in [3.8, 4) is 0 Å². The summed E-state index contributed by atoms with van der Waals surface area (Å²) in [6.07, 6.45) is 0.782. The number of benzene rings is 5. The fraction of sp³-hybridized carbons (Fsp3) is 0.217. The minimum Gasteiger partial charge on any atom is -0.323 e. The highest BCUT2D eigenvalue weighted by Gasteiger charge is 2.27. The predicted octanol–water partition coefficient (Wildman–Crippen LogP) is 11.5. The molecule has 0 spiro atoms. The van der Waals surface area contributed by atoms with Gasteiger partial charge in [0.2, 0.25) is 12.1 Å². The van der Waals surface area contributed by atoms with Gasteiger partial charge in [-0.1, -0.05) is 61.3 Å². The molecule has 0 saturated carbocycles. The fourth-order valence-corrected chi connectivity index (χ4v) is 6.81. The number of amides is 4. The van der Waals surface area contributed by atoms with Crippen LogP contribution in [0.3, 0.4) is 0 Å². The van der Waals surface area contributed by atoms with Crippen LogP contribution in [0.4, 0.5) is 34.1 Å². The smallest absolute Gasteiger partial charge is 0.258 e. The molecule has 0 aliphatic rings. The van der Waals surface area contributed by atoms with Crippen molar-refractivity contribution in [1.29, 1.82) is 0 Å². The summed E-state index contributed by atoms with van der Waals surface area (Å²) < 4.78 is 0. The number of nitrogens with one attached hydrogen (secondary N) is 4. The minimum atomic E-state index is -1.55. The standard InChI is InChI=1S/C46H42Cl4N8O6/c1-5-29-19-40(54-46(64)42(26(4)60)58-56-34-16-18-38(50)36(22-34)44(62)52-32-13-9-28(24-48)10-14-32)30(6-2)20-39(29)53-45(63)41(25(3)59)57-55-33-15-17-37(49)35(21-33)43(61)51-31-11-7-27(23-47)8-12-31/h7-22,41-42H,5-6,23-24H2,1-4H3,(H,51,61)(H,52,62)(H,53,63)(H,54,64). The molecule has 0 aliphatic heterocycles.